The fourth-order valence-electron chi connectivity index (χ4n) is 4.56. The fraction of sp³-hybridized carbons (Fsp3) is 0.700. The van der Waals surface area contributed by atoms with Gasteiger partial charge in [0.2, 0.25) is 0 Å². The number of hydrogen-bond donors (Lipinski definition) is 1. The molecular weight excluding hydrogens is 356 g/mol. The molecule has 0 aliphatic heterocycles. The summed E-state index contributed by atoms with van der Waals surface area (Å²) in [5.74, 6) is 2.60. The molecule has 3 fully saturated rings. The molecule has 0 saturated heterocycles. The molecule has 8 heteroatoms. The Labute approximate surface area is 165 Å². The van der Waals surface area contributed by atoms with Gasteiger partial charge in [-0.25, -0.2) is 14.5 Å². The van der Waals surface area contributed by atoms with Gasteiger partial charge in [0, 0.05) is 24.7 Å². The van der Waals surface area contributed by atoms with Gasteiger partial charge in [0.15, 0.2) is 5.82 Å². The highest BCUT2D eigenvalue weighted by atomic mass is 16.6. The van der Waals surface area contributed by atoms with Gasteiger partial charge in [-0.15, -0.1) is 0 Å². The van der Waals surface area contributed by atoms with E-state index in [0.29, 0.717) is 12.4 Å². The van der Waals surface area contributed by atoms with Crippen LogP contribution >= 0.6 is 0 Å². The quantitative estimate of drug-likeness (QED) is 0.853. The van der Waals surface area contributed by atoms with Crippen molar-refractivity contribution in [1.82, 2.24) is 29.9 Å². The predicted molar refractivity (Wildman–Crippen MR) is 105 cm³/mol. The van der Waals surface area contributed by atoms with Gasteiger partial charge < -0.3 is 10.1 Å². The van der Waals surface area contributed by atoms with Crippen molar-refractivity contribution in [2.24, 2.45) is 13.0 Å². The van der Waals surface area contributed by atoms with E-state index in [2.05, 4.69) is 10.4 Å². The summed E-state index contributed by atoms with van der Waals surface area (Å²) in [6.45, 7) is 8.11. The van der Waals surface area contributed by atoms with Crippen LogP contribution in [0.3, 0.4) is 0 Å². The monoisotopic (exact) mass is 386 g/mol. The van der Waals surface area contributed by atoms with E-state index in [4.69, 9.17) is 14.8 Å². The zero-order valence-electron chi connectivity index (χ0n) is 17.4. The minimum Gasteiger partial charge on any atom is -0.444 e. The SMILES string of the molecule is CC(Cn1nc(-c2cnn(C)c2)nc1C12CCC(C1)C2)NC(=O)OC(C)(C)C. The summed E-state index contributed by atoms with van der Waals surface area (Å²) in [6, 6.07) is -0.120. The van der Waals surface area contributed by atoms with Crippen LogP contribution in [0, 0.1) is 5.92 Å². The molecule has 1 N–H and O–H groups in total. The average molecular weight is 387 g/mol. The first kappa shape index (κ1) is 19.0. The van der Waals surface area contributed by atoms with Crippen LogP contribution in [0.4, 0.5) is 4.79 Å². The molecule has 3 saturated carbocycles. The molecule has 0 radical (unpaired) electrons. The van der Waals surface area contributed by atoms with Gasteiger partial charge in [0.25, 0.3) is 0 Å². The Kier molecular flexibility index (Phi) is 4.47. The number of nitrogens with one attached hydrogen (secondary N) is 1. The van der Waals surface area contributed by atoms with E-state index in [1.54, 1.807) is 10.9 Å². The second-order valence-electron chi connectivity index (χ2n) is 9.48. The van der Waals surface area contributed by atoms with Crippen LogP contribution in [-0.4, -0.2) is 42.3 Å². The minimum atomic E-state index is -0.514. The number of carbonyl (C=O) groups is 1. The Hall–Kier alpha value is -2.38. The van der Waals surface area contributed by atoms with Gasteiger partial charge in [0.05, 0.1) is 18.3 Å². The number of aryl methyl sites for hydroxylation is 1. The maximum absolute atomic E-state index is 12.1. The number of carbonyl (C=O) groups excluding carboxylic acids is 1. The molecule has 28 heavy (non-hydrogen) atoms. The zero-order chi connectivity index (χ0) is 20.1. The molecule has 1 amide bonds. The van der Waals surface area contributed by atoms with Crippen LogP contribution in [0.2, 0.25) is 0 Å². The Bertz CT molecular complexity index is 866. The van der Waals surface area contributed by atoms with E-state index in [1.165, 1.54) is 25.7 Å². The fourth-order valence-corrected chi connectivity index (χ4v) is 4.56. The highest BCUT2D eigenvalue weighted by Gasteiger charge is 2.54. The first-order valence-corrected chi connectivity index (χ1v) is 10.1. The van der Waals surface area contributed by atoms with Crippen molar-refractivity contribution < 1.29 is 9.53 Å². The largest absolute Gasteiger partial charge is 0.444 e. The van der Waals surface area contributed by atoms with Crippen LogP contribution in [0.1, 0.15) is 59.2 Å². The van der Waals surface area contributed by atoms with Crippen LogP contribution in [0.15, 0.2) is 12.4 Å². The summed E-state index contributed by atoms with van der Waals surface area (Å²) in [4.78, 5) is 17.0. The number of amides is 1. The van der Waals surface area contributed by atoms with Gasteiger partial charge in [0.1, 0.15) is 11.4 Å². The molecule has 8 nitrogen and oxygen atoms in total. The van der Waals surface area contributed by atoms with Gasteiger partial charge >= 0.3 is 6.09 Å². The number of aromatic nitrogens is 5. The molecule has 2 aromatic heterocycles. The Morgan fingerprint density at radius 1 is 1.43 bits per heavy atom. The predicted octanol–water partition coefficient (Wildman–Crippen LogP) is 3.03. The Morgan fingerprint density at radius 3 is 2.75 bits per heavy atom. The van der Waals surface area contributed by atoms with E-state index in [9.17, 15) is 4.79 Å². The Morgan fingerprint density at radius 2 is 2.18 bits per heavy atom. The van der Waals surface area contributed by atoms with Crippen molar-refractivity contribution in [2.45, 2.75) is 77.0 Å². The third-order valence-electron chi connectivity index (χ3n) is 5.71. The molecular formula is C20H30N6O2. The first-order chi connectivity index (χ1) is 13.1. The van der Waals surface area contributed by atoms with E-state index >= 15 is 0 Å². The lowest BCUT2D eigenvalue weighted by molar-refractivity contribution is 0.0502. The lowest BCUT2D eigenvalue weighted by atomic mass is 9.69. The topological polar surface area (TPSA) is 86.9 Å². The smallest absolute Gasteiger partial charge is 0.407 e. The van der Waals surface area contributed by atoms with Gasteiger partial charge in [-0.2, -0.15) is 10.2 Å². The van der Waals surface area contributed by atoms with Crippen LogP contribution in [-0.2, 0) is 23.7 Å². The summed E-state index contributed by atoms with van der Waals surface area (Å²) >= 11 is 0. The number of hydrogen-bond acceptors (Lipinski definition) is 5. The van der Waals surface area contributed by atoms with E-state index in [-0.39, 0.29) is 11.5 Å². The minimum absolute atomic E-state index is 0.120. The third kappa shape index (κ3) is 3.64. The normalized spacial score (nSPS) is 24.7. The molecule has 3 aliphatic carbocycles. The molecule has 3 aliphatic rings. The van der Waals surface area contributed by atoms with Gasteiger partial charge in [-0.1, -0.05) is 0 Å². The summed E-state index contributed by atoms with van der Waals surface area (Å²) < 4.78 is 9.13. The lowest BCUT2D eigenvalue weighted by Gasteiger charge is -2.37. The van der Waals surface area contributed by atoms with E-state index in [0.717, 1.165) is 17.3 Å². The highest BCUT2D eigenvalue weighted by Crippen LogP contribution is 2.59. The molecule has 2 heterocycles. The molecule has 1 unspecified atom stereocenters. The molecule has 5 rings (SSSR count). The number of nitrogens with zero attached hydrogens (tertiary/aromatic N) is 5. The van der Waals surface area contributed by atoms with Crippen molar-refractivity contribution >= 4 is 6.09 Å². The summed E-state index contributed by atoms with van der Waals surface area (Å²) in [7, 11) is 1.89. The first-order valence-electron chi connectivity index (χ1n) is 10.1. The third-order valence-corrected chi connectivity index (χ3v) is 5.71. The molecule has 152 valence electrons. The van der Waals surface area contributed by atoms with Crippen molar-refractivity contribution in [2.75, 3.05) is 0 Å². The summed E-state index contributed by atoms with van der Waals surface area (Å²) in [6.07, 6.45) is 8.18. The summed E-state index contributed by atoms with van der Waals surface area (Å²) in [5, 5.41) is 11.9. The van der Waals surface area contributed by atoms with Crippen molar-refractivity contribution in [3.63, 3.8) is 0 Å². The van der Waals surface area contributed by atoms with Crippen molar-refractivity contribution in [3.05, 3.63) is 18.2 Å². The number of alkyl carbamates (subject to hydrolysis) is 1. The maximum Gasteiger partial charge on any atom is 0.407 e. The van der Waals surface area contributed by atoms with Crippen LogP contribution in [0.25, 0.3) is 11.4 Å². The van der Waals surface area contributed by atoms with Crippen LogP contribution < -0.4 is 5.32 Å². The highest BCUT2D eigenvalue weighted by molar-refractivity contribution is 5.68. The second kappa shape index (κ2) is 6.60. The second-order valence-corrected chi connectivity index (χ2v) is 9.48. The number of fused-ring (bicyclic) bond motifs is 1. The molecule has 0 spiro atoms. The number of ether oxygens (including phenoxy) is 1. The molecule has 2 aromatic rings. The maximum atomic E-state index is 12.1. The van der Waals surface area contributed by atoms with Crippen molar-refractivity contribution in [1.29, 1.82) is 0 Å². The van der Waals surface area contributed by atoms with Crippen LogP contribution in [0.5, 0.6) is 0 Å². The van der Waals surface area contributed by atoms with Gasteiger partial charge in [-0.05, 0) is 59.3 Å². The van der Waals surface area contributed by atoms with E-state index in [1.807, 2.05) is 45.6 Å². The molecule has 1 atom stereocenters. The average Bonchev–Trinajstić information content (AvgIpc) is 3.25. The van der Waals surface area contributed by atoms with E-state index < -0.39 is 11.7 Å². The summed E-state index contributed by atoms with van der Waals surface area (Å²) in [5.41, 5.74) is 0.559. The Balaban J connectivity index is 1.55. The molecule has 0 aromatic carbocycles. The van der Waals surface area contributed by atoms with Gasteiger partial charge in [-0.3, -0.25) is 4.68 Å². The standard InChI is InChI=1S/C20H30N6O2/c1-13(22-18(27)28-19(2,3)4)11-26-17(20-7-6-14(8-20)9-20)23-16(24-26)15-10-21-25(5)12-15/h10,12-14H,6-9,11H2,1-5H3,(H,22,27). The van der Waals surface area contributed by atoms with Crippen molar-refractivity contribution in [3.8, 4) is 11.4 Å². The lowest BCUT2D eigenvalue weighted by Crippen LogP contribution is -2.41. The molecule has 2 bridgehead atoms. The number of rotatable bonds is 5. The zero-order valence-corrected chi connectivity index (χ0v) is 17.4.